The smallest absolute Gasteiger partial charge is 0.222 e. The average Bonchev–Trinajstić information content (AvgIpc) is 3.05. The van der Waals surface area contributed by atoms with Gasteiger partial charge in [-0.15, -0.1) is 0 Å². The monoisotopic (exact) mass is 392 g/mol. The molecule has 0 aromatic rings. The van der Waals surface area contributed by atoms with E-state index in [1.54, 1.807) is 0 Å². The summed E-state index contributed by atoms with van der Waals surface area (Å²) in [6, 6.07) is 0. The summed E-state index contributed by atoms with van der Waals surface area (Å²) in [5, 5.41) is 0. The van der Waals surface area contributed by atoms with E-state index in [1.807, 2.05) is 0 Å². The van der Waals surface area contributed by atoms with Gasteiger partial charge in [0.1, 0.15) is 24.7 Å². The molecule has 2 unspecified atom stereocenters. The maximum atomic E-state index is 12.6. The fourth-order valence-corrected chi connectivity index (χ4v) is 5.29. The van der Waals surface area contributed by atoms with Gasteiger partial charge in [-0.1, -0.05) is 0 Å². The van der Waals surface area contributed by atoms with Crippen molar-refractivity contribution in [2.45, 2.75) is 64.7 Å². The van der Waals surface area contributed by atoms with Crippen LogP contribution in [0.2, 0.25) is 0 Å². The zero-order valence-corrected chi connectivity index (χ0v) is 15.8. The van der Waals surface area contributed by atoms with Crippen molar-refractivity contribution in [2.75, 3.05) is 0 Å². The summed E-state index contributed by atoms with van der Waals surface area (Å²) >= 11 is 0. The molecule has 5 heterocycles. The number of hydrogen-bond donors (Lipinski definition) is 0. The lowest BCUT2D eigenvalue weighted by atomic mass is 10.1. The Balaban J connectivity index is 2.08. The molecule has 0 aromatic heterocycles. The van der Waals surface area contributed by atoms with E-state index in [-0.39, 0.29) is 0 Å². The molecule has 0 aromatic carbocycles. The van der Waals surface area contributed by atoms with Gasteiger partial charge in [-0.05, 0) is 0 Å². The van der Waals surface area contributed by atoms with E-state index < -0.39 is 60.6 Å². The van der Waals surface area contributed by atoms with Crippen LogP contribution >= 0.6 is 0 Å². The Kier molecular flexibility index (Phi) is 3.68. The highest BCUT2D eigenvalue weighted by molar-refractivity contribution is 5.85. The Morgan fingerprint density at radius 3 is 0.857 bits per heavy atom. The van der Waals surface area contributed by atoms with Crippen LogP contribution in [-0.4, -0.2) is 103 Å². The van der Waals surface area contributed by atoms with E-state index in [0.29, 0.717) is 12.8 Å². The maximum Gasteiger partial charge on any atom is 0.222 e. The summed E-state index contributed by atoms with van der Waals surface area (Å²) in [6.45, 7) is 5.12. The topological polar surface area (TPSA) is 122 Å². The van der Waals surface area contributed by atoms with Crippen molar-refractivity contribution >= 4 is 36.4 Å². The molecule has 6 atom stereocenters. The van der Waals surface area contributed by atoms with Crippen molar-refractivity contribution in [3.63, 3.8) is 0 Å². The van der Waals surface area contributed by atoms with Crippen LogP contribution in [0.1, 0.15) is 27.7 Å². The van der Waals surface area contributed by atoms with Crippen molar-refractivity contribution in [3.05, 3.63) is 0 Å². The third-order valence-corrected chi connectivity index (χ3v) is 6.00. The lowest BCUT2D eigenvalue weighted by Crippen LogP contribution is -2.74. The molecule has 0 saturated carbocycles. The molecule has 28 heavy (non-hydrogen) atoms. The Morgan fingerprint density at radius 1 is 0.500 bits per heavy atom. The summed E-state index contributed by atoms with van der Waals surface area (Å²) < 4.78 is 0. The van der Waals surface area contributed by atoms with Gasteiger partial charge in [-0.3, -0.25) is 58.2 Å². The third kappa shape index (κ3) is 1.84. The Hall–Kier alpha value is -3.18. The molecule has 6 amide bonds. The predicted molar refractivity (Wildman–Crippen MR) is 88.6 cm³/mol. The van der Waals surface area contributed by atoms with E-state index in [9.17, 15) is 28.8 Å². The first-order valence-electron chi connectivity index (χ1n) is 8.80. The molecular formula is C16H20N6O6. The van der Waals surface area contributed by atoms with Crippen LogP contribution in [0.5, 0.6) is 0 Å². The van der Waals surface area contributed by atoms with Crippen molar-refractivity contribution in [1.82, 2.24) is 29.4 Å². The van der Waals surface area contributed by atoms with Crippen molar-refractivity contribution < 1.29 is 28.8 Å². The molecule has 150 valence electrons. The summed E-state index contributed by atoms with van der Waals surface area (Å²) in [6.07, 6.45) is -4.83. The van der Waals surface area contributed by atoms with Gasteiger partial charge in [-0.2, -0.15) is 0 Å². The summed E-state index contributed by atoms with van der Waals surface area (Å²) in [5.41, 5.74) is 0. The van der Waals surface area contributed by atoms with Gasteiger partial charge in [0.2, 0.25) is 36.4 Å². The molecule has 12 heteroatoms. The fraction of sp³-hybridized carbons (Fsp3) is 0.625. The predicted octanol–water partition coefficient (Wildman–Crippen LogP) is -2.69. The van der Waals surface area contributed by atoms with E-state index in [2.05, 4.69) is 0 Å². The third-order valence-electron chi connectivity index (χ3n) is 6.00. The highest BCUT2D eigenvalue weighted by Gasteiger charge is 2.74. The van der Waals surface area contributed by atoms with E-state index >= 15 is 0 Å². The minimum absolute atomic E-state index is 0.445. The zero-order valence-electron chi connectivity index (χ0n) is 15.8. The molecule has 0 aliphatic carbocycles. The maximum absolute atomic E-state index is 12.6. The second-order valence-electron chi connectivity index (χ2n) is 7.29. The first-order chi connectivity index (χ1) is 13.2. The minimum Gasteiger partial charge on any atom is -0.296 e. The lowest BCUT2D eigenvalue weighted by molar-refractivity contribution is -0.178. The van der Waals surface area contributed by atoms with Crippen LogP contribution in [0.3, 0.4) is 0 Å². The molecule has 5 fully saturated rings. The van der Waals surface area contributed by atoms with Gasteiger partial charge in [0.15, 0.2) is 12.3 Å². The summed E-state index contributed by atoms with van der Waals surface area (Å²) in [7, 11) is 0. The molecule has 5 rings (SSSR count). The molecule has 5 saturated heterocycles. The molecular weight excluding hydrogens is 372 g/mol. The van der Waals surface area contributed by atoms with Crippen LogP contribution in [0.25, 0.3) is 0 Å². The SMILES string of the molecule is CC(=O)N1C2C3N(C(C)=O)[C@H]4[C@@H](N3C(C)=O)N(C=O)[C@H]([C@H]1N4C=O)N2C(C)=O. The van der Waals surface area contributed by atoms with Crippen LogP contribution in [-0.2, 0) is 28.8 Å². The van der Waals surface area contributed by atoms with Crippen LogP contribution in [0, 0.1) is 0 Å². The molecule has 0 N–H and O–H groups in total. The molecule has 6 bridgehead atoms. The van der Waals surface area contributed by atoms with Crippen LogP contribution in [0.4, 0.5) is 0 Å². The number of rotatable bonds is 2. The highest BCUT2D eigenvalue weighted by Crippen LogP contribution is 2.50. The van der Waals surface area contributed by atoms with Crippen LogP contribution < -0.4 is 0 Å². The quantitative estimate of drug-likeness (QED) is 0.472. The van der Waals surface area contributed by atoms with Gasteiger partial charge in [0.25, 0.3) is 0 Å². The molecule has 0 spiro atoms. The summed E-state index contributed by atoms with van der Waals surface area (Å²) in [4.78, 5) is 82.1. The normalized spacial score (nSPS) is 34.9. The van der Waals surface area contributed by atoms with Crippen molar-refractivity contribution in [1.29, 1.82) is 0 Å². The number of carbonyl (C=O) groups is 6. The number of amides is 6. The number of carbonyl (C=O) groups excluding carboxylic acids is 6. The standard InChI is InChI=1S/C16H20N6O6/c1-7(25)19-11-12-18(6-24)14-13(17(11)5-23)21(9(3)27)16(22(14)10(4)28)15(19)20(12)8(2)26/h5-6,11-16H,1-4H3/t11-,12-,13-,14+,15?,16?/m0/s1. The van der Waals surface area contributed by atoms with Gasteiger partial charge in [-0.25, -0.2) is 0 Å². The fourth-order valence-electron chi connectivity index (χ4n) is 5.29. The zero-order chi connectivity index (χ0) is 20.7. The first-order valence-corrected chi connectivity index (χ1v) is 8.80. The first kappa shape index (κ1) is 18.2. The van der Waals surface area contributed by atoms with Gasteiger partial charge < -0.3 is 0 Å². The largest absolute Gasteiger partial charge is 0.296 e. The van der Waals surface area contributed by atoms with E-state index in [1.165, 1.54) is 57.1 Å². The number of hydrogen-bond acceptors (Lipinski definition) is 6. The van der Waals surface area contributed by atoms with Gasteiger partial charge >= 0.3 is 0 Å². The molecule has 0 radical (unpaired) electrons. The average molecular weight is 392 g/mol. The van der Waals surface area contributed by atoms with Crippen LogP contribution in [0.15, 0.2) is 0 Å². The van der Waals surface area contributed by atoms with Crippen molar-refractivity contribution in [3.8, 4) is 0 Å². The molecule has 5 aliphatic heterocycles. The number of piperazine rings is 1. The highest BCUT2D eigenvalue weighted by atomic mass is 16.2. The lowest BCUT2D eigenvalue weighted by Gasteiger charge is -2.52. The van der Waals surface area contributed by atoms with Gasteiger partial charge in [0.05, 0.1) is 0 Å². The Morgan fingerprint density at radius 2 is 0.714 bits per heavy atom. The van der Waals surface area contributed by atoms with E-state index in [4.69, 9.17) is 0 Å². The number of nitrogens with zero attached hydrogens (tertiary/aromatic N) is 6. The van der Waals surface area contributed by atoms with E-state index in [0.717, 1.165) is 0 Å². The van der Waals surface area contributed by atoms with Gasteiger partial charge in [0, 0.05) is 27.7 Å². The second kappa shape index (κ2) is 5.66. The van der Waals surface area contributed by atoms with Crippen molar-refractivity contribution in [2.24, 2.45) is 0 Å². The summed E-state index contributed by atoms with van der Waals surface area (Å²) in [5.74, 6) is -1.78. The molecule has 5 aliphatic rings. The minimum atomic E-state index is -1.01. The molecule has 12 nitrogen and oxygen atoms in total. The second-order valence-corrected chi connectivity index (χ2v) is 7.29. The Bertz CT molecular complexity index is 695. The Labute approximate surface area is 160 Å².